The molecule has 0 spiro atoms. The standard InChI is InChI=1S/C14H25N5O2.HI/c1-4-18-7-8-19(10-13(18)21)14(16-11-5-6-11)15-9-12(20)17(2)3;/h11H,4-10H2,1-3H3,(H,15,16);1H. The van der Waals surface area contributed by atoms with Gasteiger partial charge in [0.05, 0.1) is 6.54 Å². The molecule has 0 aromatic rings. The summed E-state index contributed by atoms with van der Waals surface area (Å²) in [7, 11) is 3.44. The molecule has 22 heavy (non-hydrogen) atoms. The molecule has 1 saturated heterocycles. The molecule has 2 aliphatic rings. The molecule has 0 atom stereocenters. The minimum Gasteiger partial charge on any atom is -0.353 e. The number of likely N-dealkylation sites (N-methyl/N-ethyl adjacent to an activating group) is 2. The van der Waals surface area contributed by atoms with Gasteiger partial charge in [0.1, 0.15) is 6.54 Å². The SMILES string of the molecule is CCN1CCN(C(=NCC(=O)N(C)C)NC2CC2)CC1=O.I. The minimum atomic E-state index is -0.0383. The average molecular weight is 423 g/mol. The van der Waals surface area contributed by atoms with Crippen molar-refractivity contribution >= 4 is 41.8 Å². The molecule has 0 unspecified atom stereocenters. The number of hydrogen-bond acceptors (Lipinski definition) is 3. The van der Waals surface area contributed by atoms with Crippen LogP contribution in [-0.4, -0.2) is 85.3 Å². The van der Waals surface area contributed by atoms with Gasteiger partial charge >= 0.3 is 0 Å². The number of hydrogen-bond donors (Lipinski definition) is 1. The van der Waals surface area contributed by atoms with E-state index in [0.717, 1.165) is 25.9 Å². The Morgan fingerprint density at radius 3 is 2.55 bits per heavy atom. The van der Waals surface area contributed by atoms with E-state index >= 15 is 0 Å². The molecule has 1 N–H and O–H groups in total. The molecule has 0 radical (unpaired) electrons. The number of amides is 2. The Balaban J connectivity index is 0.00000242. The Morgan fingerprint density at radius 1 is 1.36 bits per heavy atom. The maximum atomic E-state index is 12.0. The van der Waals surface area contributed by atoms with Gasteiger partial charge in [0.2, 0.25) is 11.8 Å². The molecular formula is C14H26IN5O2. The molecule has 1 saturated carbocycles. The number of guanidine groups is 1. The Kier molecular flexibility index (Phi) is 7.37. The van der Waals surface area contributed by atoms with E-state index in [1.165, 1.54) is 4.90 Å². The molecule has 1 aliphatic heterocycles. The first-order valence-corrected chi connectivity index (χ1v) is 7.55. The fraction of sp³-hybridized carbons (Fsp3) is 0.786. The van der Waals surface area contributed by atoms with Gasteiger partial charge in [0.25, 0.3) is 0 Å². The highest BCUT2D eigenvalue weighted by Gasteiger charge is 2.29. The summed E-state index contributed by atoms with van der Waals surface area (Å²) in [6.07, 6.45) is 2.26. The van der Waals surface area contributed by atoms with Crippen molar-refractivity contribution < 1.29 is 9.59 Å². The Bertz CT molecular complexity index is 437. The predicted octanol–water partition coefficient (Wildman–Crippen LogP) is -0.0353. The number of nitrogens with one attached hydrogen (secondary N) is 1. The van der Waals surface area contributed by atoms with Crippen molar-refractivity contribution in [2.45, 2.75) is 25.8 Å². The van der Waals surface area contributed by atoms with Gasteiger partial charge in [-0.15, -0.1) is 24.0 Å². The first-order chi connectivity index (χ1) is 10.0. The maximum absolute atomic E-state index is 12.0. The molecule has 7 nitrogen and oxygen atoms in total. The van der Waals surface area contributed by atoms with Crippen LogP contribution in [0.15, 0.2) is 4.99 Å². The minimum absolute atomic E-state index is 0. The van der Waals surface area contributed by atoms with E-state index in [1.807, 2.05) is 16.7 Å². The molecule has 2 fully saturated rings. The van der Waals surface area contributed by atoms with Crippen LogP contribution in [0.2, 0.25) is 0 Å². The van der Waals surface area contributed by atoms with Crippen LogP contribution in [0.25, 0.3) is 0 Å². The Hall–Kier alpha value is -1.06. The van der Waals surface area contributed by atoms with Crippen LogP contribution in [0.4, 0.5) is 0 Å². The Labute approximate surface area is 149 Å². The number of nitrogens with zero attached hydrogens (tertiary/aromatic N) is 4. The van der Waals surface area contributed by atoms with Crippen LogP contribution in [-0.2, 0) is 9.59 Å². The van der Waals surface area contributed by atoms with Crippen LogP contribution in [0.1, 0.15) is 19.8 Å². The van der Waals surface area contributed by atoms with Crippen molar-refractivity contribution in [2.24, 2.45) is 4.99 Å². The van der Waals surface area contributed by atoms with Gasteiger partial charge in [0.15, 0.2) is 5.96 Å². The summed E-state index contributed by atoms with van der Waals surface area (Å²) < 4.78 is 0. The van der Waals surface area contributed by atoms with Crippen molar-refractivity contribution in [3.8, 4) is 0 Å². The lowest BCUT2D eigenvalue weighted by molar-refractivity contribution is -0.134. The van der Waals surface area contributed by atoms with E-state index in [2.05, 4.69) is 10.3 Å². The van der Waals surface area contributed by atoms with Crippen LogP contribution in [0, 0.1) is 0 Å². The number of rotatable bonds is 4. The molecule has 1 aliphatic carbocycles. The zero-order valence-electron chi connectivity index (χ0n) is 13.5. The summed E-state index contributed by atoms with van der Waals surface area (Å²) in [5.41, 5.74) is 0. The molecular weight excluding hydrogens is 397 g/mol. The van der Waals surface area contributed by atoms with E-state index in [9.17, 15) is 9.59 Å². The zero-order chi connectivity index (χ0) is 15.4. The van der Waals surface area contributed by atoms with Crippen molar-refractivity contribution in [1.29, 1.82) is 0 Å². The molecule has 0 bridgehead atoms. The van der Waals surface area contributed by atoms with Gasteiger partial charge in [-0.3, -0.25) is 9.59 Å². The van der Waals surface area contributed by atoms with Crippen LogP contribution in [0.5, 0.6) is 0 Å². The van der Waals surface area contributed by atoms with E-state index < -0.39 is 0 Å². The first kappa shape index (κ1) is 19.0. The summed E-state index contributed by atoms with van der Waals surface area (Å²) in [6.45, 7) is 4.65. The van der Waals surface area contributed by atoms with Crippen LogP contribution in [0.3, 0.4) is 0 Å². The zero-order valence-corrected chi connectivity index (χ0v) is 15.9. The quantitative estimate of drug-likeness (QED) is 0.392. The summed E-state index contributed by atoms with van der Waals surface area (Å²) in [4.78, 5) is 33.4. The molecule has 8 heteroatoms. The van der Waals surface area contributed by atoms with E-state index in [4.69, 9.17) is 0 Å². The van der Waals surface area contributed by atoms with E-state index in [1.54, 1.807) is 14.1 Å². The molecule has 2 rings (SSSR count). The van der Waals surface area contributed by atoms with E-state index in [0.29, 0.717) is 25.1 Å². The number of aliphatic imine (C=N–C) groups is 1. The first-order valence-electron chi connectivity index (χ1n) is 7.55. The fourth-order valence-electron chi connectivity index (χ4n) is 2.15. The van der Waals surface area contributed by atoms with Crippen LogP contribution < -0.4 is 5.32 Å². The number of piperazine rings is 1. The normalized spacial score (nSPS) is 18.9. The molecule has 126 valence electrons. The second-order valence-corrected chi connectivity index (χ2v) is 5.74. The molecule has 0 aromatic carbocycles. The summed E-state index contributed by atoms with van der Waals surface area (Å²) >= 11 is 0. The van der Waals surface area contributed by atoms with Gasteiger partial charge in [-0.2, -0.15) is 0 Å². The summed E-state index contributed by atoms with van der Waals surface area (Å²) in [6, 6.07) is 0.442. The number of carbonyl (C=O) groups excluding carboxylic acids is 2. The highest BCUT2D eigenvalue weighted by molar-refractivity contribution is 14.0. The van der Waals surface area contributed by atoms with Gasteiger partial charge < -0.3 is 20.0 Å². The molecule has 2 amide bonds. The summed E-state index contributed by atoms with van der Waals surface area (Å²) in [5, 5.41) is 3.34. The Morgan fingerprint density at radius 2 is 2.05 bits per heavy atom. The number of carbonyl (C=O) groups is 2. The third-order valence-electron chi connectivity index (χ3n) is 3.77. The largest absolute Gasteiger partial charge is 0.353 e. The summed E-state index contributed by atoms with van der Waals surface area (Å²) in [5.74, 6) is 0.772. The fourth-order valence-corrected chi connectivity index (χ4v) is 2.15. The lowest BCUT2D eigenvalue weighted by Crippen LogP contribution is -2.55. The van der Waals surface area contributed by atoms with Gasteiger partial charge in [-0.05, 0) is 19.8 Å². The monoisotopic (exact) mass is 423 g/mol. The van der Waals surface area contributed by atoms with Crippen molar-refractivity contribution in [3.05, 3.63) is 0 Å². The highest BCUT2D eigenvalue weighted by atomic mass is 127. The smallest absolute Gasteiger partial charge is 0.243 e. The second kappa shape index (κ2) is 8.54. The van der Waals surface area contributed by atoms with E-state index in [-0.39, 0.29) is 42.3 Å². The third-order valence-corrected chi connectivity index (χ3v) is 3.77. The maximum Gasteiger partial charge on any atom is 0.243 e. The molecule has 1 heterocycles. The topological polar surface area (TPSA) is 68.2 Å². The van der Waals surface area contributed by atoms with Crippen molar-refractivity contribution in [2.75, 3.05) is 46.8 Å². The average Bonchev–Trinajstić information content (AvgIpc) is 3.26. The second-order valence-electron chi connectivity index (χ2n) is 5.74. The predicted molar refractivity (Wildman–Crippen MR) is 96.4 cm³/mol. The van der Waals surface area contributed by atoms with Crippen molar-refractivity contribution in [3.63, 3.8) is 0 Å². The third kappa shape index (κ3) is 5.29. The highest BCUT2D eigenvalue weighted by Crippen LogP contribution is 2.19. The van der Waals surface area contributed by atoms with Crippen molar-refractivity contribution in [1.82, 2.24) is 20.0 Å². The van der Waals surface area contributed by atoms with Crippen LogP contribution >= 0.6 is 24.0 Å². The lowest BCUT2D eigenvalue weighted by atomic mass is 10.3. The lowest BCUT2D eigenvalue weighted by Gasteiger charge is -2.35. The van der Waals surface area contributed by atoms with Gasteiger partial charge in [0, 0.05) is 39.8 Å². The van der Waals surface area contributed by atoms with Gasteiger partial charge in [-0.25, -0.2) is 4.99 Å². The number of halogens is 1. The molecule has 0 aromatic heterocycles. The van der Waals surface area contributed by atoms with Gasteiger partial charge in [-0.1, -0.05) is 0 Å².